The van der Waals surface area contributed by atoms with Gasteiger partial charge in [-0.25, -0.2) is 0 Å². The minimum Gasteiger partial charge on any atom is -0.390 e. The van der Waals surface area contributed by atoms with Crippen molar-refractivity contribution < 1.29 is 9.84 Å². The molecule has 19 heavy (non-hydrogen) atoms. The van der Waals surface area contributed by atoms with E-state index in [4.69, 9.17) is 4.74 Å². The van der Waals surface area contributed by atoms with Crippen LogP contribution in [0, 0.1) is 0 Å². The molecule has 0 aliphatic carbocycles. The van der Waals surface area contributed by atoms with Crippen molar-refractivity contribution in [2.24, 2.45) is 0 Å². The first-order chi connectivity index (χ1) is 9.33. The predicted octanol–water partition coefficient (Wildman–Crippen LogP) is 0.742. The first kappa shape index (κ1) is 12.9. The Kier molecular flexibility index (Phi) is 4.01. The van der Waals surface area contributed by atoms with Gasteiger partial charge in [-0.05, 0) is 18.1 Å². The number of para-hydroxylation sites is 1. The van der Waals surface area contributed by atoms with Crippen molar-refractivity contribution in [3.8, 4) is 0 Å². The molecule has 0 amide bonds. The van der Waals surface area contributed by atoms with Crippen LogP contribution in [0.2, 0.25) is 0 Å². The third-order valence-electron chi connectivity index (χ3n) is 3.99. The molecular formula is C15H22N2O2. The van der Waals surface area contributed by atoms with E-state index in [1.807, 2.05) is 0 Å². The molecule has 3 rings (SSSR count). The summed E-state index contributed by atoms with van der Waals surface area (Å²) in [4.78, 5) is 4.59. The van der Waals surface area contributed by atoms with Crippen LogP contribution in [-0.4, -0.2) is 62.0 Å². The number of β-amino-alcohol motifs (C(OH)–C–C–N with tert-alkyl or cyclic N) is 1. The number of nitrogens with zero attached hydrogens (tertiary/aromatic N) is 2. The quantitative estimate of drug-likeness (QED) is 0.868. The molecule has 1 saturated heterocycles. The number of benzene rings is 1. The highest BCUT2D eigenvalue weighted by Gasteiger charge is 2.22. The van der Waals surface area contributed by atoms with E-state index < -0.39 is 0 Å². The third-order valence-corrected chi connectivity index (χ3v) is 3.99. The van der Waals surface area contributed by atoms with Crippen molar-refractivity contribution in [2.45, 2.75) is 12.5 Å². The van der Waals surface area contributed by atoms with E-state index in [0.29, 0.717) is 0 Å². The highest BCUT2D eigenvalue weighted by Crippen LogP contribution is 2.27. The fourth-order valence-corrected chi connectivity index (χ4v) is 2.99. The van der Waals surface area contributed by atoms with E-state index in [1.54, 1.807) is 0 Å². The zero-order valence-electron chi connectivity index (χ0n) is 11.3. The zero-order valence-corrected chi connectivity index (χ0v) is 11.3. The van der Waals surface area contributed by atoms with E-state index in [0.717, 1.165) is 52.4 Å². The Morgan fingerprint density at radius 3 is 2.74 bits per heavy atom. The van der Waals surface area contributed by atoms with Crippen molar-refractivity contribution in [1.29, 1.82) is 0 Å². The maximum Gasteiger partial charge on any atom is 0.0841 e. The van der Waals surface area contributed by atoms with Gasteiger partial charge in [0, 0.05) is 38.4 Å². The molecular weight excluding hydrogens is 240 g/mol. The third kappa shape index (κ3) is 3.08. The molecule has 1 aromatic rings. The van der Waals surface area contributed by atoms with Gasteiger partial charge in [0.1, 0.15) is 0 Å². The first-order valence-corrected chi connectivity index (χ1v) is 7.14. The Labute approximate surface area is 114 Å². The molecule has 1 unspecified atom stereocenters. The number of hydrogen-bond donors (Lipinski definition) is 1. The second-order valence-electron chi connectivity index (χ2n) is 5.39. The Morgan fingerprint density at radius 1 is 1.11 bits per heavy atom. The monoisotopic (exact) mass is 262 g/mol. The molecule has 4 heteroatoms. The lowest BCUT2D eigenvalue weighted by molar-refractivity contribution is 0.0161. The number of fused-ring (bicyclic) bond motifs is 1. The summed E-state index contributed by atoms with van der Waals surface area (Å²) in [5, 5.41) is 10.3. The lowest BCUT2D eigenvalue weighted by Gasteiger charge is -2.30. The normalized spacial score (nSPS) is 21.4. The van der Waals surface area contributed by atoms with Gasteiger partial charge in [-0.2, -0.15) is 0 Å². The molecule has 4 nitrogen and oxygen atoms in total. The van der Waals surface area contributed by atoms with E-state index in [1.165, 1.54) is 11.3 Å². The van der Waals surface area contributed by atoms with Crippen molar-refractivity contribution in [3.63, 3.8) is 0 Å². The molecule has 1 aromatic carbocycles. The van der Waals surface area contributed by atoms with Crippen LogP contribution in [0.25, 0.3) is 0 Å². The average Bonchev–Trinajstić information content (AvgIpc) is 2.83. The number of aliphatic hydroxyl groups is 1. The second kappa shape index (κ2) is 5.90. The smallest absolute Gasteiger partial charge is 0.0841 e. The first-order valence-electron chi connectivity index (χ1n) is 7.14. The minimum atomic E-state index is -0.288. The molecule has 1 atom stereocenters. The molecule has 0 bridgehead atoms. The van der Waals surface area contributed by atoms with Crippen LogP contribution >= 0.6 is 0 Å². The lowest BCUT2D eigenvalue weighted by Crippen LogP contribution is -2.44. The molecule has 104 valence electrons. The Hall–Kier alpha value is -1.10. The van der Waals surface area contributed by atoms with Crippen LogP contribution in [0.1, 0.15) is 5.56 Å². The summed E-state index contributed by atoms with van der Waals surface area (Å²) in [5.41, 5.74) is 2.70. The second-order valence-corrected chi connectivity index (χ2v) is 5.39. The van der Waals surface area contributed by atoms with Crippen LogP contribution < -0.4 is 4.90 Å². The number of hydrogen-bond acceptors (Lipinski definition) is 4. The van der Waals surface area contributed by atoms with Crippen LogP contribution in [0.4, 0.5) is 5.69 Å². The summed E-state index contributed by atoms with van der Waals surface area (Å²) in [6, 6.07) is 8.51. The zero-order chi connectivity index (χ0) is 13.1. The highest BCUT2D eigenvalue weighted by molar-refractivity contribution is 5.57. The summed E-state index contributed by atoms with van der Waals surface area (Å²) in [6.07, 6.45) is 0.810. The van der Waals surface area contributed by atoms with E-state index in [-0.39, 0.29) is 6.10 Å². The van der Waals surface area contributed by atoms with Gasteiger partial charge in [-0.1, -0.05) is 18.2 Å². The fourth-order valence-electron chi connectivity index (χ4n) is 2.99. The van der Waals surface area contributed by atoms with E-state index >= 15 is 0 Å². The standard InChI is InChI=1S/C15H22N2O2/c18-14(11-16-7-9-19-10-8-16)12-17-6-5-13-3-1-2-4-15(13)17/h1-4,14,18H,5-12H2. The van der Waals surface area contributed by atoms with Crippen LogP contribution in [0.3, 0.4) is 0 Å². The van der Waals surface area contributed by atoms with Crippen LogP contribution in [0.5, 0.6) is 0 Å². The van der Waals surface area contributed by atoms with Crippen molar-refractivity contribution in [3.05, 3.63) is 29.8 Å². The fraction of sp³-hybridized carbons (Fsp3) is 0.600. The molecule has 0 spiro atoms. The van der Waals surface area contributed by atoms with Gasteiger partial charge in [0.2, 0.25) is 0 Å². The number of morpholine rings is 1. The largest absolute Gasteiger partial charge is 0.390 e. The minimum absolute atomic E-state index is 0.288. The van der Waals surface area contributed by atoms with E-state index in [2.05, 4.69) is 34.1 Å². The Morgan fingerprint density at radius 2 is 1.89 bits per heavy atom. The highest BCUT2D eigenvalue weighted by atomic mass is 16.5. The summed E-state index contributed by atoms with van der Waals surface area (Å²) >= 11 is 0. The Bertz CT molecular complexity index is 418. The molecule has 0 radical (unpaired) electrons. The van der Waals surface area contributed by atoms with E-state index in [9.17, 15) is 5.11 Å². The summed E-state index contributed by atoms with van der Waals surface area (Å²) < 4.78 is 5.33. The van der Waals surface area contributed by atoms with Gasteiger partial charge in [-0.3, -0.25) is 4.90 Å². The SMILES string of the molecule is OC(CN1CCOCC1)CN1CCc2ccccc21. The molecule has 1 fully saturated rings. The van der Waals surface area contributed by atoms with Gasteiger partial charge in [0.25, 0.3) is 0 Å². The molecule has 2 heterocycles. The van der Waals surface area contributed by atoms with Crippen molar-refractivity contribution in [2.75, 3.05) is 50.8 Å². The molecule has 0 aromatic heterocycles. The maximum atomic E-state index is 10.3. The molecule has 2 aliphatic rings. The Balaban J connectivity index is 1.54. The summed E-state index contributed by atoms with van der Waals surface area (Å²) in [6.45, 7) is 5.97. The summed E-state index contributed by atoms with van der Waals surface area (Å²) in [7, 11) is 0. The van der Waals surface area contributed by atoms with Crippen molar-refractivity contribution in [1.82, 2.24) is 4.90 Å². The van der Waals surface area contributed by atoms with Gasteiger partial charge < -0.3 is 14.7 Å². The topological polar surface area (TPSA) is 35.9 Å². The summed E-state index contributed by atoms with van der Waals surface area (Å²) in [5.74, 6) is 0. The number of rotatable bonds is 4. The number of aliphatic hydroxyl groups excluding tert-OH is 1. The van der Waals surface area contributed by atoms with Crippen molar-refractivity contribution >= 4 is 5.69 Å². The molecule has 1 N–H and O–H groups in total. The number of anilines is 1. The van der Waals surface area contributed by atoms with Gasteiger partial charge in [-0.15, -0.1) is 0 Å². The lowest BCUT2D eigenvalue weighted by atomic mass is 10.2. The molecule has 0 saturated carbocycles. The van der Waals surface area contributed by atoms with Gasteiger partial charge >= 0.3 is 0 Å². The maximum absolute atomic E-state index is 10.3. The average molecular weight is 262 g/mol. The van der Waals surface area contributed by atoms with Gasteiger partial charge in [0.15, 0.2) is 0 Å². The predicted molar refractivity (Wildman–Crippen MR) is 75.6 cm³/mol. The molecule has 2 aliphatic heterocycles. The van der Waals surface area contributed by atoms with Crippen LogP contribution in [-0.2, 0) is 11.2 Å². The van der Waals surface area contributed by atoms with Crippen LogP contribution in [0.15, 0.2) is 24.3 Å². The number of ether oxygens (including phenoxy) is 1. The van der Waals surface area contributed by atoms with Gasteiger partial charge in [0.05, 0.1) is 19.3 Å².